The predicted octanol–water partition coefficient (Wildman–Crippen LogP) is 2.48. The molecular formula is C29H30F2N6O4. The SMILES string of the molecule is N#Cc1ccc(Oc2ncn(C[C@@]3(O)CCN(C(=O)[C@@H]4CCNC[C@H]4c4ccccc4)CC3(F)F)c(=O)c2N)cc1. The van der Waals surface area contributed by atoms with Crippen molar-refractivity contribution in [3.63, 3.8) is 0 Å². The standard InChI is InChI=1S/C29H30F2N6O4/c30-29(31)17-36(26(38)22-10-12-34-15-23(22)20-4-2-1-3-5-20)13-11-28(29,40)16-37-18-35-25(24(33)27(37)39)41-21-8-6-19(14-32)7-9-21/h1-9,18,22-23,34,40H,10-13,15-17,33H2/t22-,23+,28+/m1/s1. The van der Waals surface area contributed by atoms with Crippen molar-refractivity contribution >= 4 is 11.6 Å². The largest absolute Gasteiger partial charge is 0.437 e. The van der Waals surface area contributed by atoms with E-state index in [1.54, 1.807) is 0 Å². The molecule has 3 aromatic rings. The van der Waals surface area contributed by atoms with Gasteiger partial charge in [-0.1, -0.05) is 30.3 Å². The van der Waals surface area contributed by atoms with Gasteiger partial charge in [0.25, 0.3) is 11.5 Å². The van der Waals surface area contributed by atoms with Gasteiger partial charge in [-0.3, -0.25) is 14.2 Å². The minimum atomic E-state index is -3.71. The molecule has 1 aromatic heterocycles. The van der Waals surface area contributed by atoms with E-state index >= 15 is 8.78 Å². The van der Waals surface area contributed by atoms with Crippen molar-refractivity contribution in [1.82, 2.24) is 19.8 Å². The molecule has 0 saturated carbocycles. The molecule has 2 aliphatic heterocycles. The van der Waals surface area contributed by atoms with Gasteiger partial charge < -0.3 is 25.8 Å². The second-order valence-electron chi connectivity index (χ2n) is 10.5. The van der Waals surface area contributed by atoms with E-state index in [0.717, 1.165) is 21.4 Å². The Morgan fingerprint density at radius 2 is 1.95 bits per heavy atom. The average molecular weight is 565 g/mol. The molecule has 10 nitrogen and oxygen atoms in total. The summed E-state index contributed by atoms with van der Waals surface area (Å²) < 4.78 is 37.4. The summed E-state index contributed by atoms with van der Waals surface area (Å²) in [6.45, 7) is -0.651. The number of carbonyl (C=O) groups is 1. The number of carbonyl (C=O) groups excluding carboxylic acids is 1. The fourth-order valence-electron chi connectivity index (χ4n) is 5.47. The molecule has 5 rings (SSSR count). The van der Waals surface area contributed by atoms with E-state index in [0.29, 0.717) is 25.1 Å². The number of ether oxygens (including phenoxy) is 1. The van der Waals surface area contributed by atoms with Gasteiger partial charge in [-0.15, -0.1) is 0 Å². The van der Waals surface area contributed by atoms with Crippen LogP contribution in [0.4, 0.5) is 14.5 Å². The van der Waals surface area contributed by atoms with E-state index in [2.05, 4.69) is 10.3 Å². The molecule has 0 radical (unpaired) electrons. The molecule has 2 fully saturated rings. The third-order valence-electron chi connectivity index (χ3n) is 7.87. The smallest absolute Gasteiger partial charge is 0.295 e. The maximum Gasteiger partial charge on any atom is 0.295 e. The lowest BCUT2D eigenvalue weighted by molar-refractivity contribution is -0.223. The van der Waals surface area contributed by atoms with Crippen molar-refractivity contribution in [3.05, 3.63) is 82.4 Å². The molecule has 2 saturated heterocycles. The zero-order valence-electron chi connectivity index (χ0n) is 22.2. The Bertz CT molecular complexity index is 1510. The van der Waals surface area contributed by atoms with Crippen molar-refractivity contribution in [2.24, 2.45) is 5.92 Å². The number of rotatable bonds is 6. The van der Waals surface area contributed by atoms with Gasteiger partial charge >= 0.3 is 0 Å². The van der Waals surface area contributed by atoms with Crippen LogP contribution in [0.5, 0.6) is 11.6 Å². The zero-order valence-corrected chi connectivity index (χ0v) is 22.2. The summed E-state index contributed by atoms with van der Waals surface area (Å²) in [5.41, 5.74) is 3.40. The molecule has 41 heavy (non-hydrogen) atoms. The summed E-state index contributed by atoms with van der Waals surface area (Å²) in [6.07, 6.45) is 1.06. The van der Waals surface area contributed by atoms with Crippen molar-refractivity contribution in [2.75, 3.05) is 31.9 Å². The number of nitrogen functional groups attached to an aromatic ring is 1. The number of piperidine rings is 2. The normalized spacial score (nSPS) is 23.9. The first-order valence-electron chi connectivity index (χ1n) is 13.3. The van der Waals surface area contributed by atoms with E-state index < -0.39 is 48.2 Å². The van der Waals surface area contributed by atoms with Gasteiger partial charge in [-0.2, -0.15) is 5.26 Å². The van der Waals surface area contributed by atoms with Gasteiger partial charge in [-0.25, -0.2) is 13.8 Å². The molecule has 2 aromatic carbocycles. The third kappa shape index (κ3) is 5.64. The molecule has 2 aliphatic rings. The molecule has 0 spiro atoms. The highest BCUT2D eigenvalue weighted by molar-refractivity contribution is 5.80. The molecule has 0 unspecified atom stereocenters. The topological polar surface area (TPSA) is 146 Å². The number of nitriles is 1. The number of nitrogens with one attached hydrogen (secondary N) is 1. The fraction of sp³-hybridized carbons (Fsp3) is 0.379. The number of aliphatic hydroxyl groups is 1. The highest BCUT2D eigenvalue weighted by Crippen LogP contribution is 2.40. The van der Waals surface area contributed by atoms with Crippen LogP contribution in [-0.4, -0.2) is 63.2 Å². The van der Waals surface area contributed by atoms with Crippen molar-refractivity contribution in [3.8, 4) is 17.7 Å². The van der Waals surface area contributed by atoms with E-state index in [4.69, 9.17) is 15.7 Å². The molecule has 3 atom stereocenters. The minimum Gasteiger partial charge on any atom is -0.437 e. The van der Waals surface area contributed by atoms with Crippen LogP contribution in [0.25, 0.3) is 0 Å². The first-order chi connectivity index (χ1) is 19.6. The van der Waals surface area contributed by atoms with Gasteiger partial charge in [0.15, 0.2) is 5.69 Å². The lowest BCUT2D eigenvalue weighted by Gasteiger charge is -2.46. The van der Waals surface area contributed by atoms with Crippen LogP contribution in [0.2, 0.25) is 0 Å². The number of likely N-dealkylation sites (tertiary alicyclic amines) is 1. The van der Waals surface area contributed by atoms with Crippen LogP contribution in [0.15, 0.2) is 65.7 Å². The van der Waals surface area contributed by atoms with Crippen LogP contribution < -0.4 is 21.3 Å². The van der Waals surface area contributed by atoms with E-state index in [-0.39, 0.29) is 30.0 Å². The van der Waals surface area contributed by atoms with Crippen molar-refractivity contribution < 1.29 is 23.4 Å². The third-order valence-corrected chi connectivity index (χ3v) is 7.87. The number of aromatic nitrogens is 2. The highest BCUT2D eigenvalue weighted by atomic mass is 19.3. The number of nitrogens with two attached hydrogens (primary N) is 1. The van der Waals surface area contributed by atoms with E-state index in [1.807, 2.05) is 36.4 Å². The number of halogens is 2. The van der Waals surface area contributed by atoms with Gasteiger partial charge in [0, 0.05) is 31.3 Å². The minimum absolute atomic E-state index is 0.0894. The zero-order chi connectivity index (χ0) is 29.2. The number of hydrogen-bond donors (Lipinski definition) is 3. The average Bonchev–Trinajstić information content (AvgIpc) is 2.99. The van der Waals surface area contributed by atoms with Gasteiger partial charge in [0.1, 0.15) is 17.7 Å². The molecule has 12 heteroatoms. The van der Waals surface area contributed by atoms with Crippen molar-refractivity contribution in [1.29, 1.82) is 5.26 Å². The Kier molecular flexibility index (Phi) is 7.75. The van der Waals surface area contributed by atoms with Crippen LogP contribution in [-0.2, 0) is 11.3 Å². The Morgan fingerprint density at radius 3 is 2.63 bits per heavy atom. The molecule has 3 heterocycles. The Hall–Kier alpha value is -4.34. The second kappa shape index (κ2) is 11.3. The Balaban J connectivity index is 1.29. The monoisotopic (exact) mass is 564 g/mol. The first kappa shape index (κ1) is 28.2. The molecule has 0 aliphatic carbocycles. The number of hydrogen-bond acceptors (Lipinski definition) is 8. The van der Waals surface area contributed by atoms with Gasteiger partial charge in [-0.05, 0) is 42.8 Å². The van der Waals surface area contributed by atoms with E-state index in [9.17, 15) is 14.7 Å². The molecule has 4 N–H and O–H groups in total. The Morgan fingerprint density at radius 1 is 1.22 bits per heavy atom. The van der Waals surface area contributed by atoms with Crippen LogP contribution >= 0.6 is 0 Å². The lowest BCUT2D eigenvalue weighted by atomic mass is 9.79. The summed E-state index contributed by atoms with van der Waals surface area (Å²) >= 11 is 0. The Labute approximate surface area is 235 Å². The highest BCUT2D eigenvalue weighted by Gasteiger charge is 2.57. The number of nitrogens with zero attached hydrogens (tertiary/aromatic N) is 4. The maximum atomic E-state index is 15.5. The first-order valence-corrected chi connectivity index (χ1v) is 13.3. The summed E-state index contributed by atoms with van der Waals surface area (Å²) in [7, 11) is 0. The second-order valence-corrected chi connectivity index (χ2v) is 10.5. The van der Waals surface area contributed by atoms with Crippen LogP contribution in [0.3, 0.4) is 0 Å². The fourth-order valence-corrected chi connectivity index (χ4v) is 5.47. The number of benzene rings is 2. The van der Waals surface area contributed by atoms with E-state index in [1.165, 1.54) is 24.3 Å². The predicted molar refractivity (Wildman–Crippen MR) is 145 cm³/mol. The molecule has 0 bridgehead atoms. The number of amides is 1. The summed E-state index contributed by atoms with van der Waals surface area (Å²) in [5, 5.41) is 23.3. The summed E-state index contributed by atoms with van der Waals surface area (Å²) in [5.74, 6) is -4.65. The van der Waals surface area contributed by atoms with Crippen LogP contribution in [0, 0.1) is 17.2 Å². The number of anilines is 1. The van der Waals surface area contributed by atoms with Gasteiger partial charge in [0.05, 0.1) is 24.7 Å². The maximum absolute atomic E-state index is 15.5. The molecular weight excluding hydrogens is 534 g/mol. The number of alkyl halides is 2. The molecule has 1 amide bonds. The summed E-state index contributed by atoms with van der Waals surface area (Å²) in [6, 6.07) is 17.5. The molecule has 214 valence electrons. The lowest BCUT2D eigenvalue weighted by Crippen LogP contribution is -2.64. The summed E-state index contributed by atoms with van der Waals surface area (Å²) in [4.78, 5) is 31.5. The van der Waals surface area contributed by atoms with Crippen LogP contribution in [0.1, 0.15) is 29.9 Å². The van der Waals surface area contributed by atoms with Gasteiger partial charge in [0.2, 0.25) is 11.8 Å². The quantitative estimate of drug-likeness (QED) is 0.414. The van der Waals surface area contributed by atoms with Crippen molar-refractivity contribution in [2.45, 2.75) is 36.8 Å².